The Morgan fingerprint density at radius 1 is 1.36 bits per heavy atom. The van der Waals surface area contributed by atoms with E-state index in [-0.39, 0.29) is 29.9 Å². The summed E-state index contributed by atoms with van der Waals surface area (Å²) in [5.41, 5.74) is 4.85. The van der Waals surface area contributed by atoms with Crippen LogP contribution in [-0.2, 0) is 4.79 Å². The molecule has 128 valence electrons. The topological polar surface area (TPSA) is 74.0 Å². The fourth-order valence-corrected chi connectivity index (χ4v) is 2.28. The van der Waals surface area contributed by atoms with E-state index >= 15 is 0 Å². The molecule has 0 bridgehead atoms. The highest BCUT2D eigenvalue weighted by atomic mass is 127. The van der Waals surface area contributed by atoms with E-state index < -0.39 is 5.54 Å². The molecule has 6 nitrogen and oxygen atoms in total. The van der Waals surface area contributed by atoms with Crippen molar-refractivity contribution in [3.63, 3.8) is 0 Å². The van der Waals surface area contributed by atoms with Crippen LogP contribution in [0.4, 0.5) is 0 Å². The highest BCUT2D eigenvalue weighted by Gasteiger charge is 2.35. The first-order valence-electron chi connectivity index (χ1n) is 7.20. The van der Waals surface area contributed by atoms with Crippen LogP contribution in [0.5, 0.6) is 0 Å². The molecule has 22 heavy (non-hydrogen) atoms. The van der Waals surface area contributed by atoms with Gasteiger partial charge in [-0.15, -0.1) is 24.0 Å². The van der Waals surface area contributed by atoms with Crippen LogP contribution in [0, 0.1) is 0 Å². The van der Waals surface area contributed by atoms with Gasteiger partial charge in [0, 0.05) is 37.8 Å². The van der Waals surface area contributed by atoms with E-state index in [0.29, 0.717) is 11.6 Å². The van der Waals surface area contributed by atoms with E-state index in [1.165, 1.54) is 0 Å². The summed E-state index contributed by atoms with van der Waals surface area (Å²) in [6, 6.07) is 0. The van der Waals surface area contributed by atoms with E-state index in [2.05, 4.69) is 26.7 Å². The van der Waals surface area contributed by atoms with Crippen molar-refractivity contribution >= 4 is 47.4 Å². The lowest BCUT2D eigenvalue weighted by atomic mass is 10.0. The summed E-state index contributed by atoms with van der Waals surface area (Å²) in [5, 5.41) is 3.76. The van der Waals surface area contributed by atoms with Gasteiger partial charge in [-0.2, -0.15) is 0 Å². The highest BCUT2D eigenvalue weighted by Crippen LogP contribution is 2.16. The van der Waals surface area contributed by atoms with E-state index in [1.54, 1.807) is 0 Å². The summed E-state index contributed by atoms with van der Waals surface area (Å²) >= 11 is 5.77. The minimum absolute atomic E-state index is 0. The lowest BCUT2D eigenvalue weighted by Gasteiger charge is -2.43. The molecule has 0 aromatic carbocycles. The summed E-state index contributed by atoms with van der Waals surface area (Å²) in [6.45, 7) is 13.7. The number of nitrogens with one attached hydrogen (secondary N) is 1. The highest BCUT2D eigenvalue weighted by molar-refractivity contribution is 14.0. The number of rotatable bonds is 5. The quantitative estimate of drug-likeness (QED) is 0.380. The van der Waals surface area contributed by atoms with Crippen LogP contribution in [0.15, 0.2) is 16.6 Å². The average molecular weight is 444 g/mol. The number of amides is 1. The fraction of sp³-hybridized carbons (Fsp3) is 0.714. The smallest absolute Gasteiger partial charge is 0.237 e. The SMILES string of the molecule is C=C(Cl)CN=C(NCC)N1CCN(C(C)(C)C(N)=O)CC1.I. The summed E-state index contributed by atoms with van der Waals surface area (Å²) in [4.78, 5) is 20.2. The predicted octanol–water partition coefficient (Wildman–Crippen LogP) is 1.20. The molecule has 0 aliphatic carbocycles. The molecular weight excluding hydrogens is 417 g/mol. The van der Waals surface area contributed by atoms with Crippen LogP contribution < -0.4 is 11.1 Å². The molecule has 0 atom stereocenters. The number of hydrogen-bond acceptors (Lipinski definition) is 3. The fourth-order valence-electron chi connectivity index (χ4n) is 2.22. The number of aliphatic imine (C=N–C) groups is 1. The van der Waals surface area contributed by atoms with Gasteiger partial charge in [0.05, 0.1) is 12.1 Å². The second kappa shape index (κ2) is 9.57. The van der Waals surface area contributed by atoms with Crippen LogP contribution >= 0.6 is 35.6 Å². The molecular formula is C14H27ClIN5O. The normalized spacial score (nSPS) is 16.9. The van der Waals surface area contributed by atoms with Crippen molar-refractivity contribution in [2.24, 2.45) is 10.7 Å². The van der Waals surface area contributed by atoms with Crippen molar-refractivity contribution in [2.75, 3.05) is 39.3 Å². The Hall–Kier alpha value is -0.540. The first kappa shape index (κ1) is 21.5. The van der Waals surface area contributed by atoms with Gasteiger partial charge in [-0.1, -0.05) is 18.2 Å². The molecule has 0 radical (unpaired) electrons. The van der Waals surface area contributed by atoms with E-state index in [0.717, 1.165) is 38.7 Å². The third-order valence-electron chi connectivity index (χ3n) is 3.71. The third-order valence-corrected chi connectivity index (χ3v) is 3.83. The van der Waals surface area contributed by atoms with E-state index in [9.17, 15) is 4.79 Å². The Balaban J connectivity index is 0.00000441. The molecule has 1 heterocycles. The predicted molar refractivity (Wildman–Crippen MR) is 103 cm³/mol. The third kappa shape index (κ3) is 5.92. The van der Waals surface area contributed by atoms with Crippen molar-refractivity contribution < 1.29 is 4.79 Å². The Morgan fingerprint density at radius 3 is 2.32 bits per heavy atom. The molecule has 1 aliphatic rings. The maximum Gasteiger partial charge on any atom is 0.237 e. The lowest BCUT2D eigenvalue weighted by molar-refractivity contribution is -0.129. The van der Waals surface area contributed by atoms with Gasteiger partial charge in [0.15, 0.2) is 5.96 Å². The number of piperazine rings is 1. The first-order chi connectivity index (χ1) is 9.78. The number of halogens is 2. The van der Waals surface area contributed by atoms with Crippen LogP contribution in [0.25, 0.3) is 0 Å². The summed E-state index contributed by atoms with van der Waals surface area (Å²) in [7, 11) is 0. The minimum atomic E-state index is -0.619. The summed E-state index contributed by atoms with van der Waals surface area (Å²) in [6.07, 6.45) is 0. The van der Waals surface area contributed by atoms with Crippen LogP contribution in [-0.4, -0.2) is 66.5 Å². The number of guanidine groups is 1. The average Bonchev–Trinajstić information content (AvgIpc) is 2.43. The van der Waals surface area contributed by atoms with Gasteiger partial charge in [-0.25, -0.2) is 4.99 Å². The second-order valence-electron chi connectivity index (χ2n) is 5.58. The molecule has 1 amide bonds. The number of nitrogens with two attached hydrogens (primary N) is 1. The van der Waals surface area contributed by atoms with Crippen LogP contribution in [0.1, 0.15) is 20.8 Å². The Kier molecular flexibility index (Phi) is 9.33. The van der Waals surface area contributed by atoms with Gasteiger partial charge in [-0.3, -0.25) is 9.69 Å². The van der Waals surface area contributed by atoms with Crippen molar-refractivity contribution in [1.29, 1.82) is 0 Å². The zero-order valence-corrected chi connectivity index (χ0v) is 16.6. The molecule has 8 heteroatoms. The monoisotopic (exact) mass is 443 g/mol. The molecule has 3 N–H and O–H groups in total. The molecule has 0 unspecified atom stereocenters. The maximum atomic E-state index is 11.5. The van der Waals surface area contributed by atoms with Gasteiger partial charge in [-0.05, 0) is 20.8 Å². The number of nitrogens with zero attached hydrogens (tertiary/aromatic N) is 3. The van der Waals surface area contributed by atoms with Crippen molar-refractivity contribution in [3.8, 4) is 0 Å². The molecule has 1 aliphatic heterocycles. The molecule has 0 spiro atoms. The molecule has 1 saturated heterocycles. The summed E-state index contributed by atoms with van der Waals surface area (Å²) < 4.78 is 0. The number of hydrogen-bond donors (Lipinski definition) is 2. The maximum absolute atomic E-state index is 11.5. The Bertz CT molecular complexity index is 419. The zero-order valence-electron chi connectivity index (χ0n) is 13.6. The molecule has 0 aromatic rings. The Labute approximate surface area is 155 Å². The van der Waals surface area contributed by atoms with Crippen LogP contribution in [0.3, 0.4) is 0 Å². The van der Waals surface area contributed by atoms with Gasteiger partial charge in [0.25, 0.3) is 0 Å². The second-order valence-corrected chi connectivity index (χ2v) is 6.12. The largest absolute Gasteiger partial charge is 0.368 e. The molecule has 1 rings (SSSR count). The molecule has 1 fully saturated rings. The summed E-state index contributed by atoms with van der Waals surface area (Å²) in [5.74, 6) is 0.533. The number of primary amides is 1. The number of carbonyl (C=O) groups is 1. The minimum Gasteiger partial charge on any atom is -0.368 e. The Morgan fingerprint density at radius 2 is 1.91 bits per heavy atom. The van der Waals surface area contributed by atoms with E-state index in [4.69, 9.17) is 17.3 Å². The molecule has 0 saturated carbocycles. The zero-order chi connectivity index (χ0) is 16.0. The molecule has 0 aromatic heterocycles. The first-order valence-corrected chi connectivity index (χ1v) is 7.58. The van der Waals surface area contributed by atoms with E-state index in [1.807, 2.05) is 20.8 Å². The van der Waals surface area contributed by atoms with Crippen molar-refractivity contribution in [1.82, 2.24) is 15.1 Å². The van der Waals surface area contributed by atoms with Gasteiger partial charge in [0.1, 0.15) is 0 Å². The van der Waals surface area contributed by atoms with Gasteiger partial charge < -0.3 is 16.0 Å². The number of carbonyl (C=O) groups excluding carboxylic acids is 1. The van der Waals surface area contributed by atoms with Gasteiger partial charge in [0.2, 0.25) is 5.91 Å². The van der Waals surface area contributed by atoms with Crippen molar-refractivity contribution in [3.05, 3.63) is 11.6 Å². The van der Waals surface area contributed by atoms with Gasteiger partial charge >= 0.3 is 0 Å². The van der Waals surface area contributed by atoms with Crippen LogP contribution in [0.2, 0.25) is 0 Å². The standard InChI is InChI=1S/C14H26ClN5O.HI/c1-5-17-13(18-10-11(2)15)19-6-8-20(9-7-19)14(3,4)12(16)21;/h2,5-10H2,1,3-4H3,(H2,16,21)(H,17,18);1H. The van der Waals surface area contributed by atoms with Crippen molar-refractivity contribution in [2.45, 2.75) is 26.3 Å². The lowest BCUT2D eigenvalue weighted by Crippen LogP contribution is -2.61.